The van der Waals surface area contributed by atoms with Crippen LogP contribution in [0.5, 0.6) is 5.75 Å². The van der Waals surface area contributed by atoms with E-state index in [1.54, 1.807) is 37.4 Å². The molecule has 1 aromatic heterocycles. The maximum Gasteiger partial charge on any atom is 0.328 e. The summed E-state index contributed by atoms with van der Waals surface area (Å²) in [5.41, 5.74) is 1.92. The average Bonchev–Trinajstić information content (AvgIpc) is 2.85. The molecule has 3 rings (SSSR count). The third-order valence-corrected chi connectivity index (χ3v) is 5.26. The predicted octanol–water partition coefficient (Wildman–Crippen LogP) is 4.33. The van der Waals surface area contributed by atoms with Crippen molar-refractivity contribution in [1.82, 2.24) is 4.98 Å². The third-order valence-electron chi connectivity index (χ3n) is 5.26. The van der Waals surface area contributed by atoms with Crippen LogP contribution in [0.1, 0.15) is 29.3 Å². The summed E-state index contributed by atoms with van der Waals surface area (Å²) in [4.78, 5) is 34.7. The molecule has 0 radical (unpaired) electrons. The first-order chi connectivity index (χ1) is 16.4. The maximum absolute atomic E-state index is 12.4. The van der Waals surface area contributed by atoms with Gasteiger partial charge in [-0.3, -0.25) is 9.79 Å². The molecule has 0 saturated heterocycles. The van der Waals surface area contributed by atoms with Crippen LogP contribution in [0, 0.1) is 0 Å². The zero-order valence-electron chi connectivity index (χ0n) is 19.4. The van der Waals surface area contributed by atoms with E-state index >= 15 is 0 Å². The number of hydrogen-bond acceptors (Lipinski definition) is 6. The Balaban J connectivity index is 1.52. The van der Waals surface area contributed by atoms with E-state index in [9.17, 15) is 14.7 Å². The van der Waals surface area contributed by atoms with E-state index < -0.39 is 12.0 Å². The lowest BCUT2D eigenvalue weighted by Crippen LogP contribution is -2.24. The number of benzene rings is 2. The molecule has 0 amide bonds. The number of carboxylic acid groups (broad SMARTS) is 1. The molecular weight excluding hydrogens is 430 g/mol. The topological polar surface area (TPSA) is 92.1 Å². The van der Waals surface area contributed by atoms with Gasteiger partial charge in [-0.25, -0.2) is 9.78 Å². The molecule has 0 bridgehead atoms. The molecule has 0 aliphatic carbocycles. The summed E-state index contributed by atoms with van der Waals surface area (Å²) in [5.74, 6) is 0.478. The van der Waals surface area contributed by atoms with Crippen molar-refractivity contribution in [3.63, 3.8) is 0 Å². The molecule has 1 atom stereocenters. The largest absolute Gasteiger partial charge is 0.492 e. The number of nitrogens with zero attached hydrogens (tertiary/aromatic N) is 3. The standard InChI is InChI=1S/C27H29N3O4/c1-20(18-25(31)22-8-4-3-5-9-22)29-24(27(32)33)19-21-11-13-23(14-12-21)34-17-16-30(2)26-10-6-7-15-28-26/h3-15,24H,16-19H2,1-2H3,(H,32,33)/t24-/m1/s1. The number of aliphatic carboxylic acids is 1. The lowest BCUT2D eigenvalue weighted by Gasteiger charge is -2.18. The Kier molecular flexibility index (Phi) is 8.91. The number of aromatic nitrogens is 1. The number of ether oxygens (including phenoxy) is 1. The van der Waals surface area contributed by atoms with Gasteiger partial charge in [-0.1, -0.05) is 48.5 Å². The number of anilines is 1. The highest BCUT2D eigenvalue weighted by Crippen LogP contribution is 2.16. The first kappa shape index (κ1) is 24.6. The molecule has 7 nitrogen and oxygen atoms in total. The number of carbonyl (C=O) groups excluding carboxylic acids is 1. The van der Waals surface area contributed by atoms with Crippen LogP contribution in [-0.4, -0.2) is 53.8 Å². The second-order valence-corrected chi connectivity index (χ2v) is 7.99. The number of rotatable bonds is 12. The molecule has 1 N–H and O–H groups in total. The first-order valence-corrected chi connectivity index (χ1v) is 11.1. The summed E-state index contributed by atoms with van der Waals surface area (Å²) < 4.78 is 5.81. The second kappa shape index (κ2) is 12.3. The van der Waals surface area contributed by atoms with Crippen molar-refractivity contribution in [3.05, 3.63) is 90.1 Å². The van der Waals surface area contributed by atoms with Gasteiger partial charge in [0, 0.05) is 37.4 Å². The number of hydrogen-bond donors (Lipinski definition) is 1. The van der Waals surface area contributed by atoms with Gasteiger partial charge in [0.2, 0.25) is 0 Å². The van der Waals surface area contributed by atoms with E-state index in [0.717, 1.165) is 11.4 Å². The van der Waals surface area contributed by atoms with Crippen molar-refractivity contribution in [2.45, 2.75) is 25.8 Å². The normalized spacial score (nSPS) is 12.1. The van der Waals surface area contributed by atoms with E-state index in [4.69, 9.17) is 4.74 Å². The van der Waals surface area contributed by atoms with Crippen molar-refractivity contribution < 1.29 is 19.4 Å². The molecule has 0 unspecified atom stereocenters. The fraction of sp³-hybridized carbons (Fsp3) is 0.259. The first-order valence-electron chi connectivity index (χ1n) is 11.1. The number of aliphatic imine (C=N–C) groups is 1. The molecule has 176 valence electrons. The second-order valence-electron chi connectivity index (χ2n) is 7.99. The summed E-state index contributed by atoms with van der Waals surface area (Å²) in [7, 11) is 1.96. The van der Waals surface area contributed by atoms with Crippen molar-refractivity contribution >= 4 is 23.3 Å². The maximum atomic E-state index is 12.4. The molecule has 0 aliphatic heterocycles. The highest BCUT2D eigenvalue weighted by atomic mass is 16.5. The van der Waals surface area contributed by atoms with Crippen LogP contribution in [0.4, 0.5) is 5.82 Å². The van der Waals surface area contributed by atoms with Crippen molar-refractivity contribution in [2.24, 2.45) is 4.99 Å². The molecule has 7 heteroatoms. The minimum Gasteiger partial charge on any atom is -0.492 e. The number of carbonyl (C=O) groups is 2. The summed E-state index contributed by atoms with van der Waals surface area (Å²) in [6.45, 7) is 2.86. The van der Waals surface area contributed by atoms with E-state index in [1.165, 1.54) is 0 Å². The van der Waals surface area contributed by atoms with Crippen LogP contribution in [0.15, 0.2) is 84.0 Å². The monoisotopic (exact) mass is 459 g/mol. The van der Waals surface area contributed by atoms with Gasteiger partial charge >= 0.3 is 5.97 Å². The lowest BCUT2D eigenvalue weighted by molar-refractivity contribution is -0.138. The van der Waals surface area contributed by atoms with Gasteiger partial charge in [0.15, 0.2) is 11.8 Å². The molecule has 2 aromatic carbocycles. The van der Waals surface area contributed by atoms with Crippen LogP contribution < -0.4 is 9.64 Å². The van der Waals surface area contributed by atoms with Crippen LogP contribution >= 0.6 is 0 Å². The molecule has 0 saturated carbocycles. The average molecular weight is 460 g/mol. The van der Waals surface area contributed by atoms with Crippen molar-refractivity contribution in [2.75, 3.05) is 25.1 Å². The van der Waals surface area contributed by atoms with Gasteiger partial charge in [0.25, 0.3) is 0 Å². The van der Waals surface area contributed by atoms with Crippen LogP contribution in [0.2, 0.25) is 0 Å². The van der Waals surface area contributed by atoms with E-state index in [-0.39, 0.29) is 18.6 Å². The number of carboxylic acids is 1. The minimum absolute atomic E-state index is 0.0822. The van der Waals surface area contributed by atoms with Crippen LogP contribution in [0.3, 0.4) is 0 Å². The van der Waals surface area contributed by atoms with Gasteiger partial charge < -0.3 is 14.7 Å². The SMILES string of the molecule is CC(CC(=O)c1ccccc1)=N[C@H](Cc1ccc(OCCN(C)c2ccccn2)cc1)C(=O)O. The highest BCUT2D eigenvalue weighted by Gasteiger charge is 2.18. The quantitative estimate of drug-likeness (QED) is 0.320. The smallest absolute Gasteiger partial charge is 0.328 e. The zero-order chi connectivity index (χ0) is 24.3. The summed E-state index contributed by atoms with van der Waals surface area (Å²) in [6.07, 6.45) is 2.07. The Bertz CT molecular complexity index is 1100. The Morgan fingerprint density at radius 2 is 1.74 bits per heavy atom. The lowest BCUT2D eigenvalue weighted by atomic mass is 10.0. The highest BCUT2D eigenvalue weighted by molar-refractivity contribution is 6.09. The van der Waals surface area contributed by atoms with Crippen molar-refractivity contribution in [3.8, 4) is 5.75 Å². The van der Waals surface area contributed by atoms with Crippen LogP contribution in [-0.2, 0) is 11.2 Å². The fourth-order valence-electron chi connectivity index (χ4n) is 3.40. The van der Waals surface area contributed by atoms with E-state index in [1.807, 2.05) is 60.5 Å². The molecule has 3 aromatic rings. The Labute approximate surface area is 199 Å². The minimum atomic E-state index is -1.02. The Morgan fingerprint density at radius 3 is 2.38 bits per heavy atom. The summed E-state index contributed by atoms with van der Waals surface area (Å²) in [5, 5.41) is 9.62. The number of Topliss-reactive ketones (excluding diaryl/α,β-unsaturated/α-hetero) is 1. The van der Waals surface area contributed by atoms with Crippen LogP contribution in [0.25, 0.3) is 0 Å². The molecule has 1 heterocycles. The molecule has 0 fully saturated rings. The number of likely N-dealkylation sites (N-methyl/N-ethyl adjacent to an activating group) is 1. The molecule has 0 aliphatic rings. The van der Waals surface area contributed by atoms with E-state index in [2.05, 4.69) is 9.98 Å². The number of ketones is 1. The molecule has 34 heavy (non-hydrogen) atoms. The Morgan fingerprint density at radius 1 is 1.03 bits per heavy atom. The van der Waals surface area contributed by atoms with Crippen molar-refractivity contribution in [1.29, 1.82) is 0 Å². The summed E-state index contributed by atoms with van der Waals surface area (Å²) in [6, 6.07) is 21.0. The molecular formula is C27H29N3O4. The molecule has 0 spiro atoms. The summed E-state index contributed by atoms with van der Waals surface area (Å²) >= 11 is 0. The predicted molar refractivity (Wildman–Crippen MR) is 133 cm³/mol. The number of pyridine rings is 1. The fourth-order valence-corrected chi connectivity index (χ4v) is 3.40. The van der Waals surface area contributed by atoms with Gasteiger partial charge in [-0.05, 0) is 36.8 Å². The van der Waals surface area contributed by atoms with Gasteiger partial charge in [0.1, 0.15) is 18.2 Å². The van der Waals surface area contributed by atoms with Gasteiger partial charge in [0.05, 0.1) is 6.54 Å². The van der Waals surface area contributed by atoms with Gasteiger partial charge in [-0.15, -0.1) is 0 Å². The van der Waals surface area contributed by atoms with Gasteiger partial charge in [-0.2, -0.15) is 0 Å². The van der Waals surface area contributed by atoms with E-state index in [0.29, 0.717) is 30.2 Å². The zero-order valence-corrected chi connectivity index (χ0v) is 19.4. The third kappa shape index (κ3) is 7.55. The Hall–Kier alpha value is -4.00.